The van der Waals surface area contributed by atoms with Crippen LogP contribution in [-0.2, 0) is 4.79 Å². The smallest absolute Gasteiger partial charge is 0.244 e. The zero-order chi connectivity index (χ0) is 18.8. The van der Waals surface area contributed by atoms with Gasteiger partial charge in [-0.2, -0.15) is 0 Å². The predicted molar refractivity (Wildman–Crippen MR) is 106 cm³/mol. The molecule has 0 fully saturated rings. The lowest BCUT2D eigenvalue weighted by molar-refractivity contribution is -0.117. The van der Waals surface area contributed by atoms with Crippen molar-refractivity contribution in [1.29, 1.82) is 0 Å². The molecule has 6 heteroatoms. The van der Waals surface area contributed by atoms with E-state index in [0.717, 1.165) is 12.0 Å². The van der Waals surface area contributed by atoms with Gasteiger partial charge in [-0.25, -0.2) is 0 Å². The van der Waals surface area contributed by atoms with Crippen molar-refractivity contribution in [2.24, 2.45) is 0 Å². The van der Waals surface area contributed by atoms with Crippen molar-refractivity contribution in [3.05, 3.63) is 71.8 Å². The Labute approximate surface area is 158 Å². The van der Waals surface area contributed by atoms with Crippen LogP contribution in [0.4, 0.5) is 0 Å². The first-order valence-electron chi connectivity index (χ1n) is 8.33. The number of hydrogen-bond donors (Lipinski definition) is 3. The summed E-state index contributed by atoms with van der Waals surface area (Å²) < 4.78 is 5.73. The Morgan fingerprint density at radius 3 is 2.50 bits per heavy atom. The highest BCUT2D eigenvalue weighted by atomic mass is 32.1. The minimum absolute atomic E-state index is 0.0946. The van der Waals surface area contributed by atoms with E-state index in [2.05, 4.69) is 5.32 Å². The van der Waals surface area contributed by atoms with Gasteiger partial charge in [0.05, 0.1) is 6.04 Å². The Bertz CT molecular complexity index is 745. The quantitative estimate of drug-likeness (QED) is 0.378. The summed E-state index contributed by atoms with van der Waals surface area (Å²) in [5.41, 5.74) is 3.61. The summed E-state index contributed by atoms with van der Waals surface area (Å²) in [4.78, 5) is 12.3. The fourth-order valence-electron chi connectivity index (χ4n) is 2.21. The van der Waals surface area contributed by atoms with Gasteiger partial charge in [0.2, 0.25) is 5.91 Å². The molecular weight excluding hydrogens is 348 g/mol. The van der Waals surface area contributed by atoms with Gasteiger partial charge in [-0.05, 0) is 42.3 Å². The number of carbonyl (C=O) groups is 1. The summed E-state index contributed by atoms with van der Waals surface area (Å²) in [5.74, 6) is 0.515. The summed E-state index contributed by atoms with van der Waals surface area (Å²) in [6.45, 7) is 2.35. The van der Waals surface area contributed by atoms with Crippen LogP contribution in [0.1, 0.15) is 24.5 Å². The minimum Gasteiger partial charge on any atom is -0.491 e. The Hall–Kier alpha value is -2.70. The number of nitrogens with one attached hydrogen (secondary N) is 2. The Kier molecular flexibility index (Phi) is 7.79. The largest absolute Gasteiger partial charge is 0.491 e. The van der Waals surface area contributed by atoms with E-state index in [1.54, 1.807) is 30.3 Å². The normalized spacial score (nSPS) is 11.8. The molecule has 0 heterocycles. The van der Waals surface area contributed by atoms with Crippen molar-refractivity contribution in [2.75, 3.05) is 6.61 Å². The highest BCUT2D eigenvalue weighted by Gasteiger charge is 2.10. The van der Waals surface area contributed by atoms with Crippen LogP contribution in [0.25, 0.3) is 6.08 Å². The lowest BCUT2D eigenvalue weighted by Gasteiger charge is -2.17. The van der Waals surface area contributed by atoms with Crippen LogP contribution in [0.3, 0.4) is 0 Å². The maximum Gasteiger partial charge on any atom is 0.244 e. The number of benzene rings is 2. The lowest BCUT2D eigenvalue weighted by atomic mass is 10.2. The lowest BCUT2D eigenvalue weighted by Crippen LogP contribution is -2.37. The third-order valence-corrected chi connectivity index (χ3v) is 4.06. The van der Waals surface area contributed by atoms with Crippen molar-refractivity contribution >= 4 is 29.2 Å². The molecule has 2 rings (SSSR count). The number of hydrogen-bond acceptors (Lipinski definition) is 4. The molecule has 0 saturated carbocycles. The number of thiocarbonyl (C=S) groups is 1. The summed E-state index contributed by atoms with van der Waals surface area (Å²) in [6, 6.07) is 16.6. The zero-order valence-corrected chi connectivity index (χ0v) is 15.3. The van der Waals surface area contributed by atoms with Crippen LogP contribution in [0, 0.1) is 0 Å². The SMILES string of the molecule is CC[C@H](COc1ccc(C(=S)NO)cc1)NC(=O)/C=C/c1ccccc1. The average Bonchev–Trinajstić information content (AvgIpc) is 2.70. The van der Waals surface area contributed by atoms with E-state index >= 15 is 0 Å². The van der Waals surface area contributed by atoms with Gasteiger partial charge in [0.25, 0.3) is 0 Å². The first-order chi connectivity index (χ1) is 12.6. The number of hydroxylamine groups is 1. The third-order valence-electron chi connectivity index (χ3n) is 3.74. The van der Waals surface area contributed by atoms with Crippen molar-refractivity contribution < 1.29 is 14.7 Å². The number of rotatable bonds is 8. The van der Waals surface area contributed by atoms with E-state index in [9.17, 15) is 4.79 Å². The minimum atomic E-state index is -0.154. The van der Waals surface area contributed by atoms with Gasteiger partial charge in [0, 0.05) is 11.6 Å². The molecule has 0 aliphatic carbocycles. The molecule has 136 valence electrons. The van der Waals surface area contributed by atoms with Crippen LogP contribution in [0.2, 0.25) is 0 Å². The molecule has 0 aliphatic rings. The fraction of sp³-hybridized carbons (Fsp3) is 0.200. The standard InChI is InChI=1S/C20H22N2O3S/c1-2-17(21-19(23)13-8-15-6-4-3-5-7-15)14-25-18-11-9-16(10-12-18)20(26)22-24/h3-13,17,24H,2,14H2,1H3,(H,21,23)(H,22,26)/b13-8+/t17-/m1/s1. The predicted octanol–water partition coefficient (Wildman–Crippen LogP) is 3.33. The first kappa shape index (κ1) is 19.6. The molecule has 3 N–H and O–H groups in total. The second-order valence-corrected chi connectivity index (χ2v) is 6.04. The van der Waals surface area contributed by atoms with Crippen LogP contribution >= 0.6 is 12.2 Å². The third kappa shape index (κ3) is 6.31. The van der Waals surface area contributed by atoms with Gasteiger partial charge in [-0.1, -0.05) is 49.5 Å². The molecule has 0 aliphatic heterocycles. The Morgan fingerprint density at radius 1 is 1.19 bits per heavy atom. The highest BCUT2D eigenvalue weighted by molar-refractivity contribution is 7.80. The molecule has 2 aromatic carbocycles. The molecule has 26 heavy (non-hydrogen) atoms. The summed E-state index contributed by atoms with van der Waals surface area (Å²) >= 11 is 4.94. The molecule has 0 spiro atoms. The van der Waals surface area contributed by atoms with Crippen LogP contribution in [-0.4, -0.2) is 28.8 Å². The van der Waals surface area contributed by atoms with Gasteiger partial charge in [0.1, 0.15) is 17.3 Å². The van der Waals surface area contributed by atoms with Crippen LogP contribution < -0.4 is 15.5 Å². The monoisotopic (exact) mass is 370 g/mol. The van der Waals surface area contributed by atoms with Gasteiger partial charge in [-0.3, -0.25) is 15.5 Å². The molecule has 0 saturated heterocycles. The van der Waals surface area contributed by atoms with E-state index in [0.29, 0.717) is 17.9 Å². The van der Waals surface area contributed by atoms with E-state index in [1.807, 2.05) is 42.7 Å². The second kappa shape index (κ2) is 10.3. The Balaban J connectivity index is 1.84. The van der Waals surface area contributed by atoms with Crippen molar-refractivity contribution in [3.63, 3.8) is 0 Å². The molecule has 0 radical (unpaired) electrons. The van der Waals surface area contributed by atoms with Crippen molar-refractivity contribution in [1.82, 2.24) is 10.8 Å². The topological polar surface area (TPSA) is 70.6 Å². The molecule has 2 aromatic rings. The van der Waals surface area contributed by atoms with Gasteiger partial charge in [-0.15, -0.1) is 0 Å². The van der Waals surface area contributed by atoms with Crippen molar-refractivity contribution in [3.8, 4) is 5.75 Å². The number of amides is 1. The molecule has 5 nitrogen and oxygen atoms in total. The Morgan fingerprint density at radius 2 is 1.88 bits per heavy atom. The first-order valence-corrected chi connectivity index (χ1v) is 8.74. The van der Waals surface area contributed by atoms with Crippen molar-refractivity contribution in [2.45, 2.75) is 19.4 Å². The van der Waals surface area contributed by atoms with E-state index in [4.69, 9.17) is 22.2 Å². The molecule has 0 bridgehead atoms. The summed E-state index contributed by atoms with van der Waals surface area (Å²) in [7, 11) is 0. The zero-order valence-electron chi connectivity index (χ0n) is 14.5. The highest BCUT2D eigenvalue weighted by Crippen LogP contribution is 2.13. The second-order valence-electron chi connectivity index (χ2n) is 5.63. The maximum atomic E-state index is 12.1. The number of ether oxygens (including phenoxy) is 1. The number of carbonyl (C=O) groups excluding carboxylic acids is 1. The van der Waals surface area contributed by atoms with E-state index < -0.39 is 0 Å². The maximum absolute atomic E-state index is 12.1. The molecule has 0 unspecified atom stereocenters. The van der Waals surface area contributed by atoms with Gasteiger partial charge in [0.15, 0.2) is 0 Å². The van der Waals surface area contributed by atoms with Gasteiger partial charge < -0.3 is 10.1 Å². The van der Waals surface area contributed by atoms with E-state index in [1.165, 1.54) is 6.08 Å². The van der Waals surface area contributed by atoms with Crippen LogP contribution in [0.15, 0.2) is 60.7 Å². The van der Waals surface area contributed by atoms with Gasteiger partial charge >= 0.3 is 0 Å². The molecule has 0 aromatic heterocycles. The molecule has 1 amide bonds. The summed E-state index contributed by atoms with van der Waals surface area (Å²) in [5, 5.41) is 11.7. The molecule has 1 atom stereocenters. The fourth-order valence-corrected chi connectivity index (χ4v) is 2.35. The van der Waals surface area contributed by atoms with E-state index in [-0.39, 0.29) is 16.9 Å². The van der Waals surface area contributed by atoms with Crippen LogP contribution in [0.5, 0.6) is 5.75 Å². The average molecular weight is 370 g/mol. The molecular formula is C20H22N2O3S. The summed E-state index contributed by atoms with van der Waals surface area (Å²) in [6.07, 6.45) is 4.05.